The first-order valence-corrected chi connectivity index (χ1v) is 12.1. The van der Waals surface area contributed by atoms with E-state index in [1.54, 1.807) is 0 Å². The maximum atomic E-state index is 10.6. The highest BCUT2D eigenvalue weighted by Gasteiger charge is 2.54. The van der Waals surface area contributed by atoms with Crippen molar-refractivity contribution in [3.63, 3.8) is 0 Å². The molecule has 3 heteroatoms. The van der Waals surface area contributed by atoms with Crippen LogP contribution >= 0.6 is 0 Å². The SMILES string of the molecule is C[Si](C)(C)C1CCN(c2ccccc2)[C@@]1(CO)c1ccccc1. The number of nitrogens with zero attached hydrogens (tertiary/aromatic N) is 1. The van der Waals surface area contributed by atoms with E-state index in [0.29, 0.717) is 5.54 Å². The molecule has 1 unspecified atom stereocenters. The molecule has 0 bridgehead atoms. The molecule has 23 heavy (non-hydrogen) atoms. The Hall–Kier alpha value is -1.58. The predicted molar refractivity (Wildman–Crippen MR) is 101 cm³/mol. The maximum absolute atomic E-state index is 10.6. The molecule has 2 nitrogen and oxygen atoms in total. The van der Waals surface area contributed by atoms with Crippen LogP contribution in [0, 0.1) is 0 Å². The van der Waals surface area contributed by atoms with E-state index in [9.17, 15) is 5.11 Å². The number of benzene rings is 2. The molecule has 2 aromatic rings. The zero-order valence-corrected chi connectivity index (χ0v) is 15.4. The lowest BCUT2D eigenvalue weighted by Crippen LogP contribution is -2.52. The Morgan fingerprint density at radius 1 is 1.00 bits per heavy atom. The highest BCUT2D eigenvalue weighted by molar-refractivity contribution is 6.78. The Labute approximate surface area is 140 Å². The molecule has 0 saturated carbocycles. The number of rotatable bonds is 4. The molecule has 1 aliphatic heterocycles. The summed E-state index contributed by atoms with van der Waals surface area (Å²) < 4.78 is 0. The van der Waals surface area contributed by atoms with Gasteiger partial charge < -0.3 is 10.0 Å². The third kappa shape index (κ3) is 2.72. The van der Waals surface area contributed by atoms with Crippen LogP contribution in [0.5, 0.6) is 0 Å². The Balaban J connectivity index is 2.17. The number of para-hydroxylation sites is 1. The first-order chi connectivity index (χ1) is 11.0. The van der Waals surface area contributed by atoms with Crippen molar-refractivity contribution in [2.24, 2.45) is 0 Å². The first kappa shape index (κ1) is 16.3. The van der Waals surface area contributed by atoms with Gasteiger partial charge in [-0.25, -0.2) is 0 Å². The van der Waals surface area contributed by atoms with Crippen LogP contribution in [0.25, 0.3) is 0 Å². The van der Waals surface area contributed by atoms with Gasteiger partial charge >= 0.3 is 0 Å². The van der Waals surface area contributed by atoms with E-state index in [2.05, 4.69) is 85.2 Å². The topological polar surface area (TPSA) is 23.5 Å². The van der Waals surface area contributed by atoms with Crippen molar-refractivity contribution in [3.8, 4) is 0 Å². The van der Waals surface area contributed by atoms with Gasteiger partial charge in [-0.1, -0.05) is 68.2 Å². The van der Waals surface area contributed by atoms with Crippen molar-refractivity contribution in [1.29, 1.82) is 0 Å². The fraction of sp³-hybridized carbons (Fsp3) is 0.400. The normalized spacial score (nSPS) is 24.9. The van der Waals surface area contributed by atoms with Crippen molar-refractivity contribution in [1.82, 2.24) is 0 Å². The predicted octanol–water partition coefficient (Wildman–Crippen LogP) is 4.49. The molecule has 2 aromatic carbocycles. The van der Waals surface area contributed by atoms with Crippen molar-refractivity contribution >= 4 is 13.8 Å². The van der Waals surface area contributed by atoms with Gasteiger partial charge in [-0.15, -0.1) is 0 Å². The van der Waals surface area contributed by atoms with Gasteiger partial charge in [0.25, 0.3) is 0 Å². The molecule has 1 heterocycles. The van der Waals surface area contributed by atoms with Crippen LogP contribution in [0.4, 0.5) is 5.69 Å². The minimum absolute atomic E-state index is 0.168. The van der Waals surface area contributed by atoms with E-state index < -0.39 is 8.07 Å². The molecule has 0 amide bonds. The second kappa shape index (κ2) is 6.14. The summed E-state index contributed by atoms with van der Waals surface area (Å²) in [4.78, 5) is 2.45. The van der Waals surface area contributed by atoms with E-state index in [1.165, 1.54) is 11.3 Å². The van der Waals surface area contributed by atoms with Gasteiger partial charge in [-0.3, -0.25) is 0 Å². The van der Waals surface area contributed by atoms with Gasteiger partial charge in [0.2, 0.25) is 0 Å². The number of aliphatic hydroxyl groups is 1. The Kier molecular flexibility index (Phi) is 4.34. The molecule has 1 N–H and O–H groups in total. The lowest BCUT2D eigenvalue weighted by atomic mass is 9.87. The molecular formula is C20H27NOSi. The minimum atomic E-state index is -1.44. The average Bonchev–Trinajstić information content (AvgIpc) is 2.97. The summed E-state index contributed by atoms with van der Waals surface area (Å²) in [6.45, 7) is 8.47. The van der Waals surface area contributed by atoms with Crippen LogP contribution in [-0.4, -0.2) is 26.3 Å². The van der Waals surface area contributed by atoms with Gasteiger partial charge in [0.15, 0.2) is 0 Å². The Morgan fingerprint density at radius 3 is 2.09 bits per heavy atom. The largest absolute Gasteiger partial charge is 0.394 e. The summed E-state index contributed by atoms with van der Waals surface area (Å²) in [5.74, 6) is 0. The molecule has 0 aromatic heterocycles. The fourth-order valence-corrected chi connectivity index (χ4v) is 7.21. The molecule has 122 valence electrons. The maximum Gasteiger partial charge on any atom is 0.0889 e. The molecule has 1 fully saturated rings. The standard InChI is InChI=1S/C20H27NOSi/c1-23(2,3)19-14-15-21(18-12-8-5-9-13-18)20(19,16-22)17-10-6-4-7-11-17/h4-13,19,22H,14-16H2,1-3H3/t19?,20-/m0/s1. The average molecular weight is 326 g/mol. The summed E-state index contributed by atoms with van der Waals surface area (Å²) in [6, 6.07) is 21.2. The van der Waals surface area contributed by atoms with E-state index in [1.807, 2.05) is 0 Å². The van der Waals surface area contributed by atoms with Gasteiger partial charge in [-0.05, 0) is 29.7 Å². The lowest BCUT2D eigenvalue weighted by Gasteiger charge is -2.46. The summed E-state index contributed by atoms with van der Waals surface area (Å²) in [6.07, 6.45) is 1.15. The number of anilines is 1. The monoisotopic (exact) mass is 325 g/mol. The van der Waals surface area contributed by atoms with Crippen LogP contribution in [0.1, 0.15) is 12.0 Å². The third-order valence-corrected chi connectivity index (χ3v) is 8.18. The molecule has 0 radical (unpaired) electrons. The van der Waals surface area contributed by atoms with Gasteiger partial charge in [-0.2, -0.15) is 0 Å². The van der Waals surface area contributed by atoms with E-state index in [0.717, 1.165) is 13.0 Å². The second-order valence-electron chi connectivity index (χ2n) is 7.64. The Bertz CT molecular complexity index is 638. The summed E-state index contributed by atoms with van der Waals surface area (Å²) in [5.41, 5.74) is 2.69. The summed E-state index contributed by atoms with van der Waals surface area (Å²) >= 11 is 0. The van der Waals surface area contributed by atoms with Crippen LogP contribution in [-0.2, 0) is 5.54 Å². The zero-order valence-electron chi connectivity index (χ0n) is 14.4. The fourth-order valence-electron chi connectivity index (χ4n) is 4.37. The second-order valence-corrected chi connectivity index (χ2v) is 13.1. The van der Waals surface area contributed by atoms with Crippen LogP contribution in [0.15, 0.2) is 60.7 Å². The molecule has 2 atom stereocenters. The quantitative estimate of drug-likeness (QED) is 0.837. The van der Waals surface area contributed by atoms with Gasteiger partial charge in [0.1, 0.15) is 0 Å². The van der Waals surface area contributed by atoms with E-state index >= 15 is 0 Å². The molecule has 1 saturated heterocycles. The van der Waals surface area contributed by atoms with Crippen LogP contribution in [0.2, 0.25) is 25.2 Å². The highest BCUT2D eigenvalue weighted by atomic mass is 28.3. The van der Waals surface area contributed by atoms with E-state index in [4.69, 9.17) is 0 Å². The van der Waals surface area contributed by atoms with Crippen molar-refractivity contribution in [3.05, 3.63) is 66.2 Å². The summed E-state index contributed by atoms with van der Waals surface area (Å²) in [5, 5.41) is 10.6. The number of hydrogen-bond acceptors (Lipinski definition) is 2. The van der Waals surface area contributed by atoms with Crippen LogP contribution < -0.4 is 4.90 Å². The smallest absolute Gasteiger partial charge is 0.0889 e. The van der Waals surface area contributed by atoms with E-state index in [-0.39, 0.29) is 12.1 Å². The van der Waals surface area contributed by atoms with Crippen LogP contribution in [0.3, 0.4) is 0 Å². The minimum Gasteiger partial charge on any atom is -0.394 e. The van der Waals surface area contributed by atoms with Crippen molar-refractivity contribution in [2.75, 3.05) is 18.1 Å². The molecule has 0 spiro atoms. The summed E-state index contributed by atoms with van der Waals surface area (Å²) in [7, 11) is -1.44. The number of aliphatic hydroxyl groups excluding tert-OH is 1. The van der Waals surface area contributed by atoms with Crippen molar-refractivity contribution in [2.45, 2.75) is 37.1 Å². The third-order valence-electron chi connectivity index (χ3n) is 5.33. The highest BCUT2D eigenvalue weighted by Crippen LogP contribution is 2.53. The molecular weight excluding hydrogens is 298 g/mol. The zero-order chi connectivity index (χ0) is 16.5. The lowest BCUT2D eigenvalue weighted by molar-refractivity contribution is 0.196. The molecule has 3 rings (SSSR count). The van der Waals surface area contributed by atoms with Gasteiger partial charge in [0, 0.05) is 12.2 Å². The Morgan fingerprint density at radius 2 is 1.57 bits per heavy atom. The number of hydrogen-bond donors (Lipinski definition) is 1. The van der Waals surface area contributed by atoms with Gasteiger partial charge in [0.05, 0.1) is 20.2 Å². The first-order valence-electron chi connectivity index (χ1n) is 8.49. The molecule has 1 aliphatic rings. The van der Waals surface area contributed by atoms with Crippen molar-refractivity contribution < 1.29 is 5.11 Å². The molecule has 0 aliphatic carbocycles.